The molecule has 2 rings (SSSR count). The van der Waals surface area contributed by atoms with E-state index in [1.807, 2.05) is 6.92 Å². The minimum absolute atomic E-state index is 0.0459. The van der Waals surface area contributed by atoms with Crippen molar-refractivity contribution in [1.29, 1.82) is 0 Å². The van der Waals surface area contributed by atoms with Crippen LogP contribution in [0.25, 0.3) is 0 Å². The number of hydrogen-bond donors (Lipinski definition) is 3. The Balaban J connectivity index is 2.36. The van der Waals surface area contributed by atoms with Gasteiger partial charge in [-0.15, -0.1) is 11.3 Å². The monoisotopic (exact) mass is 267 g/mol. The van der Waals surface area contributed by atoms with Crippen molar-refractivity contribution in [2.75, 3.05) is 17.6 Å². The van der Waals surface area contributed by atoms with Crippen molar-refractivity contribution in [3.8, 4) is 0 Å². The molecule has 0 bridgehead atoms. The molecule has 0 aliphatic heterocycles. The smallest absolute Gasteiger partial charge is 0.253 e. The van der Waals surface area contributed by atoms with Crippen LogP contribution < -0.4 is 16.8 Å². The normalized spacial score (nSPS) is 14.5. The van der Waals surface area contributed by atoms with Gasteiger partial charge in [0.15, 0.2) is 5.78 Å². The largest absolute Gasteiger partial charge is 0.397 e. The number of primary amides is 1. The average Bonchev–Trinajstić information content (AvgIpc) is 3.10. The van der Waals surface area contributed by atoms with Gasteiger partial charge in [0.1, 0.15) is 5.00 Å². The summed E-state index contributed by atoms with van der Waals surface area (Å²) in [5, 5.41) is 3.72. The molecule has 18 heavy (non-hydrogen) atoms. The van der Waals surface area contributed by atoms with Crippen molar-refractivity contribution in [2.45, 2.75) is 26.2 Å². The lowest BCUT2D eigenvalue weighted by atomic mass is 10.1. The molecule has 5 nitrogen and oxygen atoms in total. The van der Waals surface area contributed by atoms with E-state index in [1.165, 1.54) is 11.3 Å². The summed E-state index contributed by atoms with van der Waals surface area (Å²) in [6.07, 6.45) is 2.75. The lowest BCUT2D eigenvalue weighted by Gasteiger charge is -2.03. The quantitative estimate of drug-likeness (QED) is 0.685. The number of nitrogen functional groups attached to an aromatic ring is 1. The fourth-order valence-corrected chi connectivity index (χ4v) is 2.94. The van der Waals surface area contributed by atoms with E-state index in [2.05, 4.69) is 5.32 Å². The van der Waals surface area contributed by atoms with Gasteiger partial charge in [-0.25, -0.2) is 0 Å². The minimum atomic E-state index is -0.586. The van der Waals surface area contributed by atoms with Crippen molar-refractivity contribution in [2.24, 2.45) is 11.7 Å². The second-order valence-corrected chi connectivity index (χ2v) is 5.50. The van der Waals surface area contributed by atoms with Crippen LogP contribution in [-0.2, 0) is 0 Å². The maximum Gasteiger partial charge on any atom is 0.253 e. The molecular formula is C12H17N3O2S. The number of rotatable bonds is 6. The molecule has 0 spiro atoms. The van der Waals surface area contributed by atoms with E-state index < -0.39 is 5.91 Å². The second kappa shape index (κ2) is 4.97. The number of carbonyl (C=O) groups excluding carboxylic acids is 2. The zero-order chi connectivity index (χ0) is 13.3. The van der Waals surface area contributed by atoms with Crippen LogP contribution in [0, 0.1) is 5.92 Å². The predicted octanol–water partition coefficient (Wildman–Crippen LogP) is 1.84. The third-order valence-electron chi connectivity index (χ3n) is 2.90. The van der Waals surface area contributed by atoms with Gasteiger partial charge in [0.05, 0.1) is 16.1 Å². The molecule has 1 heterocycles. The number of nitrogens with one attached hydrogen (secondary N) is 1. The molecule has 98 valence electrons. The predicted molar refractivity (Wildman–Crippen MR) is 73.1 cm³/mol. The SMILES string of the molecule is CCCNc1sc(C(=O)C2CC2)c(N)c1C(N)=O. The van der Waals surface area contributed by atoms with Crippen LogP contribution in [-0.4, -0.2) is 18.2 Å². The number of anilines is 2. The maximum atomic E-state index is 12.0. The molecule has 1 aliphatic rings. The van der Waals surface area contributed by atoms with Gasteiger partial charge in [-0.05, 0) is 19.3 Å². The highest BCUT2D eigenvalue weighted by atomic mass is 32.1. The first-order valence-corrected chi connectivity index (χ1v) is 6.88. The summed E-state index contributed by atoms with van der Waals surface area (Å²) in [5.41, 5.74) is 11.7. The number of amides is 1. The molecule has 1 fully saturated rings. The van der Waals surface area contributed by atoms with Crippen molar-refractivity contribution >= 4 is 33.7 Å². The molecule has 6 heteroatoms. The van der Waals surface area contributed by atoms with Crippen molar-refractivity contribution in [1.82, 2.24) is 0 Å². The Morgan fingerprint density at radius 3 is 2.61 bits per heavy atom. The lowest BCUT2D eigenvalue weighted by molar-refractivity contribution is 0.0972. The molecule has 0 aromatic carbocycles. The third-order valence-corrected chi connectivity index (χ3v) is 4.08. The van der Waals surface area contributed by atoms with Crippen LogP contribution in [0.15, 0.2) is 0 Å². The highest BCUT2D eigenvalue weighted by molar-refractivity contribution is 7.19. The fourth-order valence-electron chi connectivity index (χ4n) is 1.77. The first-order chi connectivity index (χ1) is 8.56. The molecule has 0 saturated heterocycles. The topological polar surface area (TPSA) is 98.2 Å². The summed E-state index contributed by atoms with van der Waals surface area (Å²) in [6, 6.07) is 0. The number of nitrogens with two attached hydrogens (primary N) is 2. The molecule has 1 aromatic heterocycles. The van der Waals surface area contributed by atoms with E-state index in [-0.39, 0.29) is 23.0 Å². The minimum Gasteiger partial charge on any atom is -0.397 e. The van der Waals surface area contributed by atoms with Crippen LogP contribution in [0.4, 0.5) is 10.7 Å². The lowest BCUT2D eigenvalue weighted by Crippen LogP contribution is -2.15. The van der Waals surface area contributed by atoms with E-state index in [1.54, 1.807) is 0 Å². The van der Waals surface area contributed by atoms with Crippen molar-refractivity contribution in [3.05, 3.63) is 10.4 Å². The summed E-state index contributed by atoms with van der Waals surface area (Å²) in [6.45, 7) is 2.74. The molecule has 0 radical (unpaired) electrons. The van der Waals surface area contributed by atoms with Gasteiger partial charge in [-0.3, -0.25) is 9.59 Å². The van der Waals surface area contributed by atoms with Gasteiger partial charge in [0.25, 0.3) is 5.91 Å². The zero-order valence-corrected chi connectivity index (χ0v) is 11.1. The Kier molecular flexibility index (Phi) is 3.56. The van der Waals surface area contributed by atoms with Gasteiger partial charge in [-0.2, -0.15) is 0 Å². The van der Waals surface area contributed by atoms with Gasteiger partial charge in [0, 0.05) is 12.5 Å². The summed E-state index contributed by atoms with van der Waals surface area (Å²) >= 11 is 1.24. The molecule has 5 N–H and O–H groups in total. The number of Topliss-reactive ketones (excluding diaryl/α,β-unsaturated/α-hetero) is 1. The van der Waals surface area contributed by atoms with Crippen molar-refractivity contribution in [3.63, 3.8) is 0 Å². The van der Waals surface area contributed by atoms with Gasteiger partial charge < -0.3 is 16.8 Å². The maximum absolute atomic E-state index is 12.0. The van der Waals surface area contributed by atoms with Crippen LogP contribution in [0.5, 0.6) is 0 Å². The van der Waals surface area contributed by atoms with Crippen molar-refractivity contribution < 1.29 is 9.59 Å². The summed E-state index contributed by atoms with van der Waals surface area (Å²) in [7, 11) is 0. The Morgan fingerprint density at radius 1 is 1.44 bits per heavy atom. The van der Waals surface area contributed by atoms with Gasteiger partial charge in [-0.1, -0.05) is 6.92 Å². The zero-order valence-electron chi connectivity index (χ0n) is 10.3. The molecule has 0 unspecified atom stereocenters. The highest BCUT2D eigenvalue weighted by Crippen LogP contribution is 2.41. The Labute approximate surface area is 110 Å². The van der Waals surface area contributed by atoms with E-state index in [4.69, 9.17) is 11.5 Å². The Morgan fingerprint density at radius 2 is 2.11 bits per heavy atom. The van der Waals surface area contributed by atoms with Crippen LogP contribution in [0.3, 0.4) is 0 Å². The summed E-state index contributed by atoms with van der Waals surface area (Å²) < 4.78 is 0. The number of carbonyl (C=O) groups is 2. The van der Waals surface area contributed by atoms with E-state index in [0.717, 1.165) is 25.8 Å². The van der Waals surface area contributed by atoms with Gasteiger partial charge in [0.2, 0.25) is 0 Å². The number of ketones is 1. The Bertz CT molecular complexity index is 492. The van der Waals surface area contributed by atoms with Gasteiger partial charge >= 0.3 is 0 Å². The first kappa shape index (κ1) is 12.9. The molecule has 1 amide bonds. The Hall–Kier alpha value is -1.56. The van der Waals surface area contributed by atoms with E-state index in [9.17, 15) is 9.59 Å². The standard InChI is InChI=1S/C12H17N3O2S/c1-2-5-15-12-7(11(14)17)8(13)10(18-12)9(16)6-3-4-6/h6,15H,2-5,13H2,1H3,(H2,14,17). The van der Waals surface area contributed by atoms with Crippen LogP contribution in [0.2, 0.25) is 0 Å². The number of thiophene rings is 1. The van der Waals surface area contributed by atoms with E-state index >= 15 is 0 Å². The summed E-state index contributed by atoms with van der Waals surface area (Å²) in [4.78, 5) is 23.9. The molecule has 1 saturated carbocycles. The molecule has 1 aromatic rings. The third kappa shape index (κ3) is 2.33. The number of hydrogen-bond acceptors (Lipinski definition) is 5. The molecule has 0 atom stereocenters. The van der Waals surface area contributed by atoms with Crippen LogP contribution in [0.1, 0.15) is 46.2 Å². The first-order valence-electron chi connectivity index (χ1n) is 6.06. The van der Waals surface area contributed by atoms with E-state index in [0.29, 0.717) is 9.88 Å². The second-order valence-electron chi connectivity index (χ2n) is 4.48. The molecular weight excluding hydrogens is 250 g/mol. The fraction of sp³-hybridized carbons (Fsp3) is 0.500. The summed E-state index contributed by atoms with van der Waals surface area (Å²) in [5.74, 6) is -0.451. The average molecular weight is 267 g/mol. The molecule has 1 aliphatic carbocycles. The highest BCUT2D eigenvalue weighted by Gasteiger charge is 2.34. The van der Waals surface area contributed by atoms with Crippen LogP contribution >= 0.6 is 11.3 Å².